The Bertz CT molecular complexity index is 511. The minimum atomic E-state index is -0.657. The third-order valence-electron chi connectivity index (χ3n) is 3.32. The fourth-order valence-corrected chi connectivity index (χ4v) is 2.13. The van der Waals surface area contributed by atoms with E-state index in [9.17, 15) is 9.59 Å². The Kier molecular flexibility index (Phi) is 5.16. The van der Waals surface area contributed by atoms with E-state index in [0.717, 1.165) is 0 Å². The van der Waals surface area contributed by atoms with Crippen LogP contribution in [0.15, 0.2) is 18.2 Å². The fraction of sp³-hybridized carbons (Fsp3) is 0.467. The Labute approximate surface area is 123 Å². The molecule has 2 rings (SSSR count). The Morgan fingerprint density at radius 3 is 2.71 bits per heavy atom. The first kappa shape index (κ1) is 15.3. The van der Waals surface area contributed by atoms with E-state index >= 15 is 0 Å². The van der Waals surface area contributed by atoms with E-state index in [1.54, 1.807) is 30.0 Å². The average Bonchev–Trinajstić information content (AvgIpc) is 2.55. The van der Waals surface area contributed by atoms with Gasteiger partial charge in [-0.3, -0.25) is 9.59 Å². The van der Waals surface area contributed by atoms with E-state index in [1.165, 1.54) is 7.11 Å². The van der Waals surface area contributed by atoms with Crippen molar-refractivity contribution in [2.45, 2.75) is 13.0 Å². The molecule has 6 heteroatoms. The van der Waals surface area contributed by atoms with Crippen LogP contribution in [0.2, 0.25) is 0 Å². The molecule has 1 aliphatic rings. The lowest BCUT2D eigenvalue weighted by Gasteiger charge is -2.29. The van der Waals surface area contributed by atoms with Gasteiger partial charge in [0.1, 0.15) is 11.5 Å². The molecule has 1 fully saturated rings. The minimum absolute atomic E-state index is 0.106. The average molecular weight is 293 g/mol. The molecule has 0 spiro atoms. The maximum atomic E-state index is 12.3. The zero-order chi connectivity index (χ0) is 15.2. The van der Waals surface area contributed by atoms with Gasteiger partial charge in [0.2, 0.25) is 0 Å². The van der Waals surface area contributed by atoms with Crippen LogP contribution >= 0.6 is 0 Å². The van der Waals surface area contributed by atoms with Crippen LogP contribution in [-0.4, -0.2) is 56.6 Å². The highest BCUT2D eigenvalue weighted by atomic mass is 16.5. The van der Waals surface area contributed by atoms with Crippen LogP contribution in [0, 0.1) is 0 Å². The van der Waals surface area contributed by atoms with Crippen LogP contribution in [0.5, 0.6) is 11.5 Å². The third kappa shape index (κ3) is 3.72. The molecule has 0 bridgehead atoms. The molecule has 114 valence electrons. The topological polar surface area (TPSA) is 65.1 Å². The van der Waals surface area contributed by atoms with Gasteiger partial charge in [-0.05, 0) is 25.1 Å². The van der Waals surface area contributed by atoms with Crippen LogP contribution in [-0.2, 0) is 9.53 Å². The van der Waals surface area contributed by atoms with Gasteiger partial charge < -0.3 is 19.1 Å². The molecule has 0 N–H and O–H groups in total. The number of methoxy groups -OCH3 is 1. The van der Waals surface area contributed by atoms with E-state index < -0.39 is 6.10 Å². The Balaban J connectivity index is 2.06. The van der Waals surface area contributed by atoms with Crippen molar-refractivity contribution in [3.63, 3.8) is 0 Å². The second kappa shape index (κ2) is 7.08. The van der Waals surface area contributed by atoms with Crippen LogP contribution in [0.1, 0.15) is 17.3 Å². The van der Waals surface area contributed by atoms with Crippen molar-refractivity contribution in [2.24, 2.45) is 0 Å². The number of carbonyl (C=O) groups is 2. The maximum Gasteiger partial charge on any atom is 0.263 e. The van der Waals surface area contributed by atoms with E-state index in [0.29, 0.717) is 49.7 Å². The second-order valence-corrected chi connectivity index (χ2v) is 4.72. The van der Waals surface area contributed by atoms with E-state index in [1.807, 2.05) is 0 Å². The first-order valence-corrected chi connectivity index (χ1v) is 6.82. The van der Waals surface area contributed by atoms with Gasteiger partial charge in [-0.25, -0.2) is 0 Å². The summed E-state index contributed by atoms with van der Waals surface area (Å²) in [6.45, 7) is 3.89. The van der Waals surface area contributed by atoms with Gasteiger partial charge in [0.15, 0.2) is 12.4 Å². The van der Waals surface area contributed by atoms with Crippen LogP contribution in [0.4, 0.5) is 0 Å². The van der Waals surface area contributed by atoms with E-state index in [4.69, 9.17) is 14.2 Å². The van der Waals surface area contributed by atoms with Crippen LogP contribution < -0.4 is 9.47 Å². The summed E-state index contributed by atoms with van der Waals surface area (Å²) in [5, 5.41) is 0. The zero-order valence-electron chi connectivity index (χ0n) is 12.2. The molecular weight excluding hydrogens is 274 g/mol. The number of ether oxygens (including phenoxy) is 3. The minimum Gasteiger partial charge on any atom is -0.497 e. The first-order chi connectivity index (χ1) is 10.2. The molecule has 0 aliphatic carbocycles. The van der Waals surface area contributed by atoms with Crippen molar-refractivity contribution in [1.29, 1.82) is 0 Å². The number of amides is 1. The van der Waals surface area contributed by atoms with Gasteiger partial charge in [-0.15, -0.1) is 0 Å². The molecule has 0 radical (unpaired) electrons. The molecule has 1 saturated heterocycles. The summed E-state index contributed by atoms with van der Waals surface area (Å²) in [6.07, 6.45) is 0.0271. The number of morpholine rings is 1. The number of rotatable bonds is 5. The normalized spacial score (nSPS) is 16.2. The number of hydrogen-bond donors (Lipinski definition) is 0. The molecule has 1 aromatic carbocycles. The smallest absolute Gasteiger partial charge is 0.263 e. The number of nitrogens with zero attached hydrogens (tertiary/aromatic N) is 1. The molecule has 1 atom stereocenters. The summed E-state index contributed by atoms with van der Waals surface area (Å²) in [6, 6.07) is 4.90. The molecular formula is C15H19NO5. The maximum absolute atomic E-state index is 12.3. The zero-order valence-corrected chi connectivity index (χ0v) is 12.2. The van der Waals surface area contributed by atoms with Gasteiger partial charge in [0.25, 0.3) is 5.91 Å². The molecule has 1 heterocycles. The highest BCUT2D eigenvalue weighted by Crippen LogP contribution is 2.24. The summed E-state index contributed by atoms with van der Waals surface area (Å²) in [5.74, 6) is 0.836. The van der Waals surface area contributed by atoms with Gasteiger partial charge in [-0.2, -0.15) is 0 Å². The van der Waals surface area contributed by atoms with Crippen molar-refractivity contribution in [3.05, 3.63) is 23.8 Å². The van der Waals surface area contributed by atoms with Gasteiger partial charge in [0, 0.05) is 13.1 Å². The predicted molar refractivity (Wildman–Crippen MR) is 75.9 cm³/mol. The number of carbonyl (C=O) groups excluding carboxylic acids is 2. The molecule has 1 aliphatic heterocycles. The number of hydrogen-bond acceptors (Lipinski definition) is 5. The quantitative estimate of drug-likeness (QED) is 0.762. The van der Waals surface area contributed by atoms with Crippen molar-refractivity contribution in [1.82, 2.24) is 4.90 Å². The van der Waals surface area contributed by atoms with Crippen molar-refractivity contribution in [2.75, 3.05) is 33.4 Å². The summed E-state index contributed by atoms with van der Waals surface area (Å²) < 4.78 is 15.9. The largest absolute Gasteiger partial charge is 0.497 e. The molecule has 0 aromatic heterocycles. The lowest BCUT2D eigenvalue weighted by Crippen LogP contribution is -2.46. The Morgan fingerprint density at radius 1 is 1.38 bits per heavy atom. The second-order valence-electron chi connectivity index (χ2n) is 4.72. The SMILES string of the molecule is COc1ccc(OC(C)C(=O)N2CCOCC2)c(C=O)c1. The lowest BCUT2D eigenvalue weighted by molar-refractivity contribution is -0.142. The van der Waals surface area contributed by atoms with E-state index in [2.05, 4.69) is 0 Å². The molecule has 1 aromatic rings. The predicted octanol–water partition coefficient (Wildman–Crippen LogP) is 1.13. The summed E-state index contributed by atoms with van der Waals surface area (Å²) in [4.78, 5) is 25.1. The highest BCUT2D eigenvalue weighted by molar-refractivity contribution is 5.83. The molecule has 0 saturated carbocycles. The first-order valence-electron chi connectivity index (χ1n) is 6.82. The summed E-state index contributed by atoms with van der Waals surface area (Å²) in [7, 11) is 1.52. The monoisotopic (exact) mass is 293 g/mol. The van der Waals surface area contributed by atoms with Crippen LogP contribution in [0.25, 0.3) is 0 Å². The molecule has 1 amide bonds. The summed E-state index contributed by atoms with van der Waals surface area (Å²) in [5.41, 5.74) is 0.357. The number of aldehydes is 1. The Morgan fingerprint density at radius 2 is 2.10 bits per heavy atom. The summed E-state index contributed by atoms with van der Waals surface area (Å²) >= 11 is 0. The van der Waals surface area contributed by atoms with Crippen molar-refractivity contribution in [3.8, 4) is 11.5 Å². The van der Waals surface area contributed by atoms with Crippen LogP contribution in [0.3, 0.4) is 0 Å². The Hall–Kier alpha value is -2.08. The highest BCUT2D eigenvalue weighted by Gasteiger charge is 2.24. The molecule has 6 nitrogen and oxygen atoms in total. The molecule has 21 heavy (non-hydrogen) atoms. The van der Waals surface area contributed by atoms with E-state index in [-0.39, 0.29) is 5.91 Å². The van der Waals surface area contributed by atoms with Gasteiger partial charge in [-0.1, -0.05) is 0 Å². The number of benzene rings is 1. The third-order valence-corrected chi connectivity index (χ3v) is 3.32. The fourth-order valence-electron chi connectivity index (χ4n) is 2.13. The molecule has 1 unspecified atom stereocenters. The van der Waals surface area contributed by atoms with Gasteiger partial charge >= 0.3 is 0 Å². The van der Waals surface area contributed by atoms with Crippen molar-refractivity contribution >= 4 is 12.2 Å². The van der Waals surface area contributed by atoms with Crippen molar-refractivity contribution < 1.29 is 23.8 Å². The standard InChI is InChI=1S/C15H19NO5/c1-11(15(18)16-5-7-20-8-6-16)21-14-4-3-13(19-2)9-12(14)10-17/h3-4,9-11H,5-8H2,1-2H3. The lowest BCUT2D eigenvalue weighted by atomic mass is 10.2. The van der Waals surface area contributed by atoms with Gasteiger partial charge in [0.05, 0.1) is 25.9 Å².